The van der Waals surface area contributed by atoms with Gasteiger partial charge in [-0.25, -0.2) is 4.79 Å². The molecule has 124 valence electrons. The first kappa shape index (κ1) is 17.5. The number of nitrogens with one attached hydrogen (secondary N) is 2. The molecule has 0 saturated carbocycles. The number of esters is 1. The van der Waals surface area contributed by atoms with Crippen molar-refractivity contribution in [3.8, 4) is 0 Å². The minimum absolute atomic E-state index is 0.212. The molecule has 0 bridgehead atoms. The average Bonchev–Trinajstić information content (AvgIpc) is 2.54. The smallest absolute Gasteiger partial charge is 0.339 e. The monoisotopic (exact) mass is 346 g/mol. The van der Waals surface area contributed by atoms with Crippen molar-refractivity contribution in [2.24, 2.45) is 0 Å². The van der Waals surface area contributed by atoms with Crippen LogP contribution in [0, 0.1) is 0 Å². The fourth-order valence-electron chi connectivity index (χ4n) is 1.99. The molecule has 0 heterocycles. The topological polar surface area (TPSA) is 84.5 Å². The predicted octanol–water partition coefficient (Wildman–Crippen LogP) is 3.09. The van der Waals surface area contributed by atoms with Crippen LogP contribution in [0.1, 0.15) is 16.8 Å². The average molecular weight is 347 g/mol. The van der Waals surface area contributed by atoms with Gasteiger partial charge >= 0.3 is 5.97 Å². The highest BCUT2D eigenvalue weighted by molar-refractivity contribution is 6.30. The number of anilines is 2. The number of methoxy groups -OCH3 is 1. The van der Waals surface area contributed by atoms with Crippen molar-refractivity contribution in [3.63, 3.8) is 0 Å². The van der Waals surface area contributed by atoms with Gasteiger partial charge in [0.05, 0.1) is 18.4 Å². The molecular weight excluding hydrogens is 332 g/mol. The number of carbonyl (C=O) groups excluding carboxylic acids is 3. The Labute approximate surface area is 143 Å². The molecule has 0 fully saturated rings. The zero-order valence-electron chi connectivity index (χ0n) is 12.8. The summed E-state index contributed by atoms with van der Waals surface area (Å²) in [5, 5.41) is 5.58. The lowest BCUT2D eigenvalue weighted by Gasteiger charge is -2.10. The summed E-state index contributed by atoms with van der Waals surface area (Å²) in [5.74, 6) is -1.62. The van der Waals surface area contributed by atoms with Crippen molar-refractivity contribution in [2.45, 2.75) is 6.42 Å². The molecule has 0 aromatic heterocycles. The summed E-state index contributed by atoms with van der Waals surface area (Å²) < 4.78 is 4.65. The van der Waals surface area contributed by atoms with E-state index < -0.39 is 24.2 Å². The molecule has 0 radical (unpaired) electrons. The number of hydrogen-bond acceptors (Lipinski definition) is 4. The Kier molecular flexibility index (Phi) is 5.92. The predicted molar refractivity (Wildman–Crippen MR) is 91.1 cm³/mol. The summed E-state index contributed by atoms with van der Waals surface area (Å²) in [7, 11) is 1.25. The largest absolute Gasteiger partial charge is 0.465 e. The number of ether oxygens (including phenoxy) is 1. The van der Waals surface area contributed by atoms with E-state index in [0.717, 1.165) is 0 Å². The number of carbonyl (C=O) groups is 3. The quantitative estimate of drug-likeness (QED) is 0.643. The molecule has 0 saturated heterocycles. The van der Waals surface area contributed by atoms with Crippen molar-refractivity contribution >= 4 is 40.8 Å². The maximum atomic E-state index is 12.0. The Morgan fingerprint density at radius 3 is 2.42 bits per heavy atom. The van der Waals surface area contributed by atoms with Crippen molar-refractivity contribution in [1.82, 2.24) is 0 Å². The SMILES string of the molecule is COC(=O)c1ccccc1NC(=O)CC(=O)Nc1cccc(Cl)c1. The van der Waals surface area contributed by atoms with Crippen molar-refractivity contribution in [2.75, 3.05) is 17.7 Å². The van der Waals surface area contributed by atoms with E-state index in [2.05, 4.69) is 15.4 Å². The number of hydrogen-bond donors (Lipinski definition) is 2. The number of benzene rings is 2. The van der Waals surface area contributed by atoms with Crippen LogP contribution < -0.4 is 10.6 Å². The van der Waals surface area contributed by atoms with Gasteiger partial charge in [-0.15, -0.1) is 0 Å². The molecule has 0 atom stereocenters. The molecule has 2 N–H and O–H groups in total. The molecule has 2 aromatic carbocycles. The Hall–Kier alpha value is -2.86. The molecule has 0 aliphatic heterocycles. The van der Waals surface area contributed by atoms with Crippen LogP contribution in [0.15, 0.2) is 48.5 Å². The summed E-state index contributed by atoms with van der Waals surface area (Å²) in [4.78, 5) is 35.5. The van der Waals surface area contributed by atoms with E-state index in [1.165, 1.54) is 13.2 Å². The molecule has 6 nitrogen and oxygen atoms in total. The van der Waals surface area contributed by atoms with Crippen molar-refractivity contribution in [1.29, 1.82) is 0 Å². The Balaban J connectivity index is 1.98. The molecule has 2 rings (SSSR count). The molecule has 24 heavy (non-hydrogen) atoms. The molecule has 0 spiro atoms. The number of rotatable bonds is 5. The highest BCUT2D eigenvalue weighted by atomic mass is 35.5. The second-order valence-corrected chi connectivity index (χ2v) is 5.26. The molecular formula is C17H15ClN2O4. The Morgan fingerprint density at radius 2 is 1.71 bits per heavy atom. The van der Waals surface area contributed by atoms with Gasteiger partial charge < -0.3 is 15.4 Å². The summed E-state index contributed by atoms with van der Waals surface area (Å²) >= 11 is 5.83. The molecule has 7 heteroatoms. The molecule has 0 aliphatic rings. The third-order valence-electron chi connectivity index (χ3n) is 3.04. The van der Waals surface area contributed by atoms with Crippen molar-refractivity contribution < 1.29 is 19.1 Å². The van der Waals surface area contributed by atoms with Crippen LogP contribution >= 0.6 is 11.6 Å². The zero-order valence-corrected chi connectivity index (χ0v) is 13.6. The fraction of sp³-hybridized carbons (Fsp3) is 0.118. The number of amides is 2. The lowest BCUT2D eigenvalue weighted by molar-refractivity contribution is -0.123. The number of halogens is 1. The van der Waals surface area contributed by atoms with Gasteiger partial charge in [0, 0.05) is 10.7 Å². The summed E-state index contributed by atoms with van der Waals surface area (Å²) in [6, 6.07) is 13.0. The van der Waals surface area contributed by atoms with E-state index in [4.69, 9.17) is 11.6 Å². The fourth-order valence-corrected chi connectivity index (χ4v) is 2.18. The van der Waals surface area contributed by atoms with Gasteiger partial charge in [0.2, 0.25) is 11.8 Å². The van der Waals surface area contributed by atoms with Crippen LogP contribution in [-0.2, 0) is 14.3 Å². The molecule has 0 unspecified atom stereocenters. The van der Waals surface area contributed by atoms with Crippen LogP contribution in [0.4, 0.5) is 11.4 Å². The third kappa shape index (κ3) is 4.82. The van der Waals surface area contributed by atoms with E-state index in [1.807, 2.05) is 0 Å². The van der Waals surface area contributed by atoms with E-state index in [1.54, 1.807) is 42.5 Å². The maximum absolute atomic E-state index is 12.0. The van der Waals surface area contributed by atoms with Crippen LogP contribution in [0.25, 0.3) is 0 Å². The normalized spacial score (nSPS) is 9.92. The van der Waals surface area contributed by atoms with Gasteiger partial charge in [-0.1, -0.05) is 29.8 Å². The highest BCUT2D eigenvalue weighted by Gasteiger charge is 2.15. The zero-order chi connectivity index (χ0) is 17.5. The van der Waals surface area contributed by atoms with E-state index >= 15 is 0 Å². The second-order valence-electron chi connectivity index (χ2n) is 4.82. The first-order valence-electron chi connectivity index (χ1n) is 7.02. The minimum atomic E-state index is -0.575. The maximum Gasteiger partial charge on any atom is 0.339 e. The Bertz CT molecular complexity index is 777. The molecule has 2 amide bonds. The number of para-hydroxylation sites is 1. The highest BCUT2D eigenvalue weighted by Crippen LogP contribution is 2.17. The first-order chi connectivity index (χ1) is 11.5. The van der Waals surface area contributed by atoms with Gasteiger partial charge in [-0.3, -0.25) is 9.59 Å². The van der Waals surface area contributed by atoms with Crippen LogP contribution in [-0.4, -0.2) is 24.9 Å². The van der Waals surface area contributed by atoms with Gasteiger partial charge in [0.15, 0.2) is 0 Å². The van der Waals surface area contributed by atoms with Gasteiger partial charge in [-0.05, 0) is 30.3 Å². The van der Waals surface area contributed by atoms with Gasteiger partial charge in [0.25, 0.3) is 0 Å². The molecule has 0 aliphatic carbocycles. The van der Waals surface area contributed by atoms with Crippen LogP contribution in [0.3, 0.4) is 0 Å². The second kappa shape index (κ2) is 8.12. The summed E-state index contributed by atoms with van der Waals surface area (Å²) in [5.41, 5.74) is 0.990. The standard InChI is InChI=1S/C17H15ClN2O4/c1-24-17(23)13-7-2-3-8-14(13)20-16(22)10-15(21)19-12-6-4-5-11(18)9-12/h2-9H,10H2,1H3,(H,19,21)(H,20,22). The third-order valence-corrected chi connectivity index (χ3v) is 3.27. The minimum Gasteiger partial charge on any atom is -0.465 e. The van der Waals surface area contributed by atoms with E-state index in [9.17, 15) is 14.4 Å². The Morgan fingerprint density at radius 1 is 1.00 bits per heavy atom. The van der Waals surface area contributed by atoms with Crippen LogP contribution in [0.2, 0.25) is 5.02 Å². The first-order valence-corrected chi connectivity index (χ1v) is 7.40. The summed E-state index contributed by atoms with van der Waals surface area (Å²) in [6.45, 7) is 0. The lowest BCUT2D eigenvalue weighted by atomic mass is 10.1. The van der Waals surface area contributed by atoms with Gasteiger partial charge in [-0.2, -0.15) is 0 Å². The van der Waals surface area contributed by atoms with E-state index in [0.29, 0.717) is 10.7 Å². The van der Waals surface area contributed by atoms with Gasteiger partial charge in [0.1, 0.15) is 6.42 Å². The van der Waals surface area contributed by atoms with E-state index in [-0.39, 0.29) is 11.3 Å². The molecule has 2 aromatic rings. The van der Waals surface area contributed by atoms with Crippen molar-refractivity contribution in [3.05, 3.63) is 59.1 Å². The van der Waals surface area contributed by atoms with Crippen LogP contribution in [0.5, 0.6) is 0 Å². The summed E-state index contributed by atoms with van der Waals surface area (Å²) in [6.07, 6.45) is -0.401. The lowest BCUT2D eigenvalue weighted by Crippen LogP contribution is -2.22.